The van der Waals surface area contributed by atoms with Gasteiger partial charge in [-0.2, -0.15) is 0 Å². The topological polar surface area (TPSA) is 49.4 Å². The summed E-state index contributed by atoms with van der Waals surface area (Å²) in [5, 5.41) is 2.10. The zero-order chi connectivity index (χ0) is 21.1. The first kappa shape index (κ1) is 20.9. The number of benzene rings is 2. The lowest BCUT2D eigenvalue weighted by Crippen LogP contribution is -2.36. The summed E-state index contributed by atoms with van der Waals surface area (Å²) in [6.07, 6.45) is 11.6. The van der Waals surface area contributed by atoms with Gasteiger partial charge in [-0.05, 0) is 36.6 Å². The van der Waals surface area contributed by atoms with Gasteiger partial charge in [-0.1, -0.05) is 67.8 Å². The van der Waals surface area contributed by atoms with Crippen molar-refractivity contribution in [1.29, 1.82) is 0 Å². The van der Waals surface area contributed by atoms with Crippen molar-refractivity contribution in [3.05, 3.63) is 90.9 Å². The van der Waals surface area contributed by atoms with Gasteiger partial charge in [0.25, 0.3) is 0 Å². The molecule has 0 aliphatic carbocycles. The van der Waals surface area contributed by atoms with Crippen LogP contribution in [0.5, 0.6) is 5.75 Å². The van der Waals surface area contributed by atoms with Gasteiger partial charge in [0, 0.05) is 36.3 Å². The van der Waals surface area contributed by atoms with Crippen LogP contribution in [0.4, 0.5) is 0 Å². The maximum absolute atomic E-state index is 6.09. The molecule has 0 spiro atoms. The number of pyridine rings is 1. The Labute approximate surface area is 184 Å². The van der Waals surface area contributed by atoms with E-state index in [4.69, 9.17) is 4.74 Å². The van der Waals surface area contributed by atoms with Crippen molar-refractivity contribution in [2.45, 2.75) is 32.1 Å². The normalized spacial score (nSPS) is 13.0. The molecule has 2 N–H and O–H groups in total. The molecule has 0 saturated heterocycles. The molecule has 31 heavy (non-hydrogen) atoms. The van der Waals surface area contributed by atoms with E-state index < -0.39 is 0 Å². The largest absolute Gasteiger partial charge is 0.493 e. The number of hydrogen-bond donors (Lipinski definition) is 2. The summed E-state index contributed by atoms with van der Waals surface area (Å²) in [5.74, 6) is 0.970. The van der Waals surface area contributed by atoms with E-state index in [2.05, 4.69) is 75.7 Å². The highest BCUT2D eigenvalue weighted by Crippen LogP contribution is 2.29. The van der Waals surface area contributed by atoms with E-state index in [1.54, 1.807) is 6.20 Å². The molecule has 0 amide bonds. The van der Waals surface area contributed by atoms with Crippen LogP contribution in [0.15, 0.2) is 85.3 Å². The SMILES string of the molecule is C1=C(c2cccnc2)NNN1CCCCCCCOc1ccccc1-c1ccccc1. The molecule has 3 aromatic rings. The maximum atomic E-state index is 6.09. The molecule has 160 valence electrons. The van der Waals surface area contributed by atoms with Gasteiger partial charge in [-0.15, -0.1) is 5.53 Å². The van der Waals surface area contributed by atoms with Crippen LogP contribution >= 0.6 is 0 Å². The summed E-state index contributed by atoms with van der Waals surface area (Å²) < 4.78 is 6.09. The van der Waals surface area contributed by atoms with Crippen LogP contribution in [0.25, 0.3) is 16.8 Å². The summed E-state index contributed by atoms with van der Waals surface area (Å²) in [5.41, 5.74) is 10.9. The zero-order valence-electron chi connectivity index (χ0n) is 17.8. The Kier molecular flexibility index (Phi) is 7.55. The summed E-state index contributed by atoms with van der Waals surface area (Å²) in [6, 6.07) is 22.7. The van der Waals surface area contributed by atoms with Gasteiger partial charge in [-0.3, -0.25) is 9.99 Å². The van der Waals surface area contributed by atoms with Crippen LogP contribution in [0.2, 0.25) is 0 Å². The van der Waals surface area contributed by atoms with Crippen LogP contribution < -0.4 is 15.7 Å². The number of rotatable bonds is 11. The Balaban J connectivity index is 1.11. The van der Waals surface area contributed by atoms with Crippen molar-refractivity contribution in [2.24, 2.45) is 0 Å². The van der Waals surface area contributed by atoms with Crippen molar-refractivity contribution in [3.8, 4) is 16.9 Å². The molecular formula is C26H30N4O. The number of unbranched alkanes of at least 4 members (excludes halogenated alkanes) is 4. The average Bonchev–Trinajstić information content (AvgIpc) is 3.31. The van der Waals surface area contributed by atoms with Gasteiger partial charge in [0.15, 0.2) is 0 Å². The summed E-state index contributed by atoms with van der Waals surface area (Å²) in [6.45, 7) is 1.75. The Morgan fingerprint density at radius 3 is 2.42 bits per heavy atom. The number of ether oxygens (including phenoxy) is 1. The van der Waals surface area contributed by atoms with E-state index in [1.807, 2.05) is 24.4 Å². The molecule has 0 atom stereocenters. The van der Waals surface area contributed by atoms with Crippen LogP contribution in [0.3, 0.4) is 0 Å². The van der Waals surface area contributed by atoms with Gasteiger partial charge in [0.05, 0.1) is 12.3 Å². The molecule has 1 aromatic heterocycles. The van der Waals surface area contributed by atoms with Crippen molar-refractivity contribution in [2.75, 3.05) is 13.2 Å². The highest BCUT2D eigenvalue weighted by Gasteiger charge is 2.12. The lowest BCUT2D eigenvalue weighted by Gasteiger charge is -2.14. The van der Waals surface area contributed by atoms with E-state index in [0.29, 0.717) is 0 Å². The van der Waals surface area contributed by atoms with Gasteiger partial charge in [0.2, 0.25) is 0 Å². The number of aromatic nitrogens is 1. The number of para-hydroxylation sites is 1. The first-order chi connectivity index (χ1) is 15.4. The highest BCUT2D eigenvalue weighted by atomic mass is 16.5. The van der Waals surface area contributed by atoms with E-state index >= 15 is 0 Å². The van der Waals surface area contributed by atoms with Gasteiger partial charge in [-0.25, -0.2) is 0 Å². The first-order valence-electron chi connectivity index (χ1n) is 11.1. The molecule has 2 aromatic carbocycles. The molecule has 0 unspecified atom stereocenters. The Bertz CT molecular complexity index is 959. The predicted octanol–water partition coefficient (Wildman–Crippen LogP) is 5.40. The highest BCUT2D eigenvalue weighted by molar-refractivity contribution is 5.70. The van der Waals surface area contributed by atoms with E-state index in [-0.39, 0.29) is 0 Å². The van der Waals surface area contributed by atoms with Crippen molar-refractivity contribution in [1.82, 2.24) is 21.0 Å². The molecule has 2 heterocycles. The van der Waals surface area contributed by atoms with E-state index in [9.17, 15) is 0 Å². The Morgan fingerprint density at radius 2 is 1.55 bits per heavy atom. The molecule has 1 aliphatic heterocycles. The van der Waals surface area contributed by atoms with E-state index in [0.717, 1.165) is 48.6 Å². The summed E-state index contributed by atoms with van der Waals surface area (Å²) in [4.78, 5) is 4.17. The second-order valence-electron chi connectivity index (χ2n) is 7.69. The fourth-order valence-corrected chi connectivity index (χ4v) is 3.69. The molecule has 1 aliphatic rings. The standard InChI is InChI=1S/C26H30N4O/c1(2-9-18-30-21-25(28-29-30)23-14-11-17-27-20-23)3-10-19-31-26-16-8-7-15-24(26)22-12-5-4-6-13-22/h4-8,11-17,20-21,28-29H,1-3,9-10,18-19H2. The lowest BCUT2D eigenvalue weighted by molar-refractivity contribution is 0.264. The van der Waals surface area contributed by atoms with Gasteiger partial charge in [0.1, 0.15) is 5.75 Å². The third-order valence-corrected chi connectivity index (χ3v) is 5.36. The zero-order valence-corrected chi connectivity index (χ0v) is 17.8. The summed E-state index contributed by atoms with van der Waals surface area (Å²) >= 11 is 0. The van der Waals surface area contributed by atoms with Crippen LogP contribution in [-0.4, -0.2) is 23.1 Å². The first-order valence-corrected chi connectivity index (χ1v) is 11.1. The van der Waals surface area contributed by atoms with Crippen LogP contribution in [-0.2, 0) is 0 Å². The second-order valence-corrected chi connectivity index (χ2v) is 7.69. The minimum absolute atomic E-state index is 0.763. The molecule has 0 fully saturated rings. The smallest absolute Gasteiger partial charge is 0.127 e. The molecule has 0 radical (unpaired) electrons. The minimum Gasteiger partial charge on any atom is -0.493 e. The molecule has 4 rings (SSSR count). The number of hydrogen-bond acceptors (Lipinski definition) is 5. The fourth-order valence-electron chi connectivity index (χ4n) is 3.69. The number of hydrazine groups is 2. The van der Waals surface area contributed by atoms with Gasteiger partial charge >= 0.3 is 0 Å². The molecule has 0 bridgehead atoms. The lowest BCUT2D eigenvalue weighted by atomic mass is 10.1. The summed E-state index contributed by atoms with van der Waals surface area (Å²) in [7, 11) is 0. The molecule has 5 heteroatoms. The van der Waals surface area contributed by atoms with Crippen molar-refractivity contribution < 1.29 is 4.74 Å². The Hall–Kier alpha value is -3.31. The minimum atomic E-state index is 0.763. The van der Waals surface area contributed by atoms with Crippen LogP contribution in [0, 0.1) is 0 Å². The third kappa shape index (κ3) is 6.09. The van der Waals surface area contributed by atoms with Crippen LogP contribution in [0.1, 0.15) is 37.7 Å². The second kappa shape index (κ2) is 11.2. The maximum Gasteiger partial charge on any atom is 0.127 e. The molecule has 0 saturated carbocycles. The Morgan fingerprint density at radius 1 is 0.774 bits per heavy atom. The van der Waals surface area contributed by atoms with Crippen molar-refractivity contribution >= 4 is 5.70 Å². The number of nitrogens with zero attached hydrogens (tertiary/aromatic N) is 2. The monoisotopic (exact) mass is 414 g/mol. The molecule has 5 nitrogen and oxygen atoms in total. The number of nitrogens with one attached hydrogen (secondary N) is 2. The average molecular weight is 415 g/mol. The predicted molar refractivity (Wildman–Crippen MR) is 126 cm³/mol. The quantitative estimate of drug-likeness (QED) is 0.411. The van der Waals surface area contributed by atoms with Crippen molar-refractivity contribution in [3.63, 3.8) is 0 Å². The third-order valence-electron chi connectivity index (χ3n) is 5.36. The fraction of sp³-hybridized carbons (Fsp3) is 0.269. The molecular weight excluding hydrogens is 384 g/mol. The van der Waals surface area contributed by atoms with Gasteiger partial charge < -0.3 is 10.2 Å². The van der Waals surface area contributed by atoms with E-state index in [1.165, 1.54) is 24.8 Å².